The van der Waals surface area contributed by atoms with Crippen LogP contribution in [0.2, 0.25) is 0 Å². The molecule has 0 saturated carbocycles. The van der Waals surface area contributed by atoms with Crippen LogP contribution in [0, 0.1) is 0 Å². The Morgan fingerprint density at radius 3 is 1.08 bits per heavy atom. The van der Waals surface area contributed by atoms with Gasteiger partial charge in [0, 0.05) is 12.6 Å². The first-order valence-corrected chi connectivity index (χ1v) is 10.5. The van der Waals surface area contributed by atoms with Crippen molar-refractivity contribution in [2.24, 2.45) is 0 Å². The summed E-state index contributed by atoms with van der Waals surface area (Å²) in [5.74, 6) is 0. The van der Waals surface area contributed by atoms with E-state index in [2.05, 4.69) is 123 Å². The Labute approximate surface area is 152 Å². The van der Waals surface area contributed by atoms with Gasteiger partial charge >= 0.3 is 0 Å². The van der Waals surface area contributed by atoms with Crippen molar-refractivity contribution in [2.45, 2.75) is 26.3 Å². The Kier molecular flexibility index (Phi) is 5.08. The van der Waals surface area contributed by atoms with Crippen molar-refractivity contribution in [3.63, 3.8) is 0 Å². The van der Waals surface area contributed by atoms with E-state index in [1.54, 1.807) is 0 Å². The highest BCUT2D eigenvalue weighted by Crippen LogP contribution is 2.60. The highest BCUT2D eigenvalue weighted by atomic mass is 31.2. The summed E-state index contributed by atoms with van der Waals surface area (Å²) >= 11 is 0. The molecule has 0 aliphatic rings. The van der Waals surface area contributed by atoms with E-state index in [1.165, 1.54) is 15.9 Å². The normalized spacial score (nSPS) is 12.4. The van der Waals surface area contributed by atoms with Gasteiger partial charge in [0.25, 0.3) is 0 Å². The molecule has 25 heavy (non-hydrogen) atoms. The van der Waals surface area contributed by atoms with E-state index in [0.717, 1.165) is 0 Å². The average Bonchev–Trinajstić information content (AvgIpc) is 2.64. The molecule has 1 nitrogen and oxygen atoms in total. The topological polar surface area (TPSA) is 3.24 Å². The molecule has 0 aromatic heterocycles. The van der Waals surface area contributed by atoms with Gasteiger partial charge in [0.1, 0.15) is 15.9 Å². The third-order valence-corrected chi connectivity index (χ3v) is 9.45. The molecule has 0 amide bonds. The summed E-state index contributed by atoms with van der Waals surface area (Å²) in [4.78, 5) is 0. The molecular formula is C23H27NP+. The van der Waals surface area contributed by atoms with E-state index >= 15 is 0 Å². The second-order valence-electron chi connectivity index (χ2n) is 7.34. The molecule has 0 aliphatic heterocycles. The molecule has 0 fully saturated rings. The smallest absolute Gasteiger partial charge is 0.164 e. The van der Waals surface area contributed by atoms with Crippen LogP contribution in [0.3, 0.4) is 0 Å². The molecule has 0 atom stereocenters. The summed E-state index contributed by atoms with van der Waals surface area (Å²) in [7, 11) is 0.346. The van der Waals surface area contributed by atoms with Crippen molar-refractivity contribution in [3.05, 3.63) is 91.0 Å². The predicted octanol–water partition coefficient (Wildman–Crippen LogP) is 4.63. The van der Waals surface area contributed by atoms with Crippen LogP contribution in [0.4, 0.5) is 0 Å². The van der Waals surface area contributed by atoms with Gasteiger partial charge in [-0.1, -0.05) is 54.6 Å². The van der Waals surface area contributed by atoms with E-state index in [-0.39, 0.29) is 5.54 Å². The van der Waals surface area contributed by atoms with E-state index in [9.17, 15) is 0 Å². The SMILES string of the molecule is CN(C(C)(C)C)[P+](c1ccccc1)(c1ccccc1)c1ccccc1. The third-order valence-electron chi connectivity index (χ3n) is 4.81. The van der Waals surface area contributed by atoms with E-state index < -0.39 is 7.41 Å². The summed E-state index contributed by atoms with van der Waals surface area (Å²) in [6.07, 6.45) is 0. The first-order valence-electron chi connectivity index (χ1n) is 8.77. The minimum atomic E-state index is -1.93. The summed E-state index contributed by atoms with van der Waals surface area (Å²) in [6.45, 7) is 6.91. The van der Waals surface area contributed by atoms with Crippen molar-refractivity contribution in [1.29, 1.82) is 0 Å². The number of hydrogen-bond acceptors (Lipinski definition) is 1. The maximum Gasteiger partial charge on any atom is 0.181 e. The molecule has 0 radical (unpaired) electrons. The molecule has 0 unspecified atom stereocenters. The molecular weight excluding hydrogens is 321 g/mol. The van der Waals surface area contributed by atoms with Crippen LogP contribution in [0.15, 0.2) is 91.0 Å². The number of benzene rings is 3. The second-order valence-corrected chi connectivity index (χ2v) is 10.8. The van der Waals surface area contributed by atoms with E-state index in [4.69, 9.17) is 0 Å². The highest BCUT2D eigenvalue weighted by Gasteiger charge is 2.53. The molecule has 0 bridgehead atoms. The quantitative estimate of drug-likeness (QED) is 0.622. The Morgan fingerprint density at radius 2 is 0.840 bits per heavy atom. The molecule has 2 heteroatoms. The Hall–Kier alpha value is -1.95. The molecule has 3 aromatic rings. The molecule has 128 valence electrons. The standard InChI is InChI=1S/C23H27NP/c1-23(2,3)24(4)25(20-14-8-5-9-15-20,21-16-10-6-11-17-21)22-18-12-7-13-19-22/h5-19H,1-4H3/q+1. The molecule has 0 aliphatic carbocycles. The molecule has 0 N–H and O–H groups in total. The van der Waals surface area contributed by atoms with E-state index in [0.29, 0.717) is 0 Å². The summed E-state index contributed by atoms with van der Waals surface area (Å²) in [5.41, 5.74) is 0.0370. The minimum absolute atomic E-state index is 0.0370. The van der Waals surface area contributed by atoms with E-state index in [1.807, 2.05) is 0 Å². The largest absolute Gasteiger partial charge is 0.181 e. The lowest BCUT2D eigenvalue weighted by molar-refractivity contribution is 0.309. The average molecular weight is 348 g/mol. The fraction of sp³-hybridized carbons (Fsp3) is 0.217. The summed E-state index contributed by atoms with van der Waals surface area (Å²) < 4.78 is 2.60. The lowest BCUT2D eigenvalue weighted by Crippen LogP contribution is -2.49. The van der Waals surface area contributed by atoms with Crippen molar-refractivity contribution < 1.29 is 0 Å². The predicted molar refractivity (Wildman–Crippen MR) is 113 cm³/mol. The van der Waals surface area contributed by atoms with Gasteiger partial charge in [-0.05, 0) is 57.2 Å². The maximum atomic E-state index is 2.60. The second kappa shape index (κ2) is 7.12. The zero-order chi connectivity index (χ0) is 17.9. The third kappa shape index (κ3) is 3.27. The first kappa shape index (κ1) is 17.9. The number of rotatable bonds is 4. The van der Waals surface area contributed by atoms with Crippen molar-refractivity contribution >= 4 is 23.3 Å². The highest BCUT2D eigenvalue weighted by molar-refractivity contribution is 7.93. The van der Waals surface area contributed by atoms with Crippen LogP contribution < -0.4 is 15.9 Å². The Morgan fingerprint density at radius 1 is 0.560 bits per heavy atom. The van der Waals surface area contributed by atoms with Gasteiger partial charge in [-0.15, -0.1) is 0 Å². The molecule has 0 saturated heterocycles. The summed E-state index contributed by atoms with van der Waals surface area (Å²) in [6, 6.07) is 33.0. The van der Waals surface area contributed by atoms with Crippen LogP contribution in [0.1, 0.15) is 20.8 Å². The Balaban J connectivity index is 2.40. The molecule has 0 spiro atoms. The van der Waals surface area contributed by atoms with Crippen molar-refractivity contribution in [1.82, 2.24) is 4.67 Å². The van der Waals surface area contributed by atoms with Crippen LogP contribution in [-0.2, 0) is 0 Å². The van der Waals surface area contributed by atoms with Crippen LogP contribution in [-0.4, -0.2) is 17.3 Å². The fourth-order valence-electron chi connectivity index (χ4n) is 3.35. The first-order chi connectivity index (χ1) is 12.0. The monoisotopic (exact) mass is 348 g/mol. The van der Waals surface area contributed by atoms with Gasteiger partial charge in [0.15, 0.2) is 7.41 Å². The van der Waals surface area contributed by atoms with Crippen molar-refractivity contribution in [2.75, 3.05) is 7.05 Å². The minimum Gasteiger partial charge on any atom is -0.164 e. The molecule has 3 aromatic carbocycles. The lowest BCUT2D eigenvalue weighted by atomic mass is 10.1. The van der Waals surface area contributed by atoms with Gasteiger partial charge in [-0.3, -0.25) is 0 Å². The fourth-order valence-corrected chi connectivity index (χ4v) is 7.99. The zero-order valence-corrected chi connectivity index (χ0v) is 16.4. The van der Waals surface area contributed by atoms with Gasteiger partial charge in [0.2, 0.25) is 0 Å². The molecule has 3 rings (SSSR count). The summed E-state index contributed by atoms with van der Waals surface area (Å²) in [5, 5.41) is 4.18. The Bertz CT molecular complexity index is 695. The lowest BCUT2D eigenvalue weighted by Gasteiger charge is -2.41. The zero-order valence-electron chi connectivity index (χ0n) is 15.6. The van der Waals surface area contributed by atoms with Crippen LogP contribution in [0.5, 0.6) is 0 Å². The van der Waals surface area contributed by atoms with Crippen LogP contribution in [0.25, 0.3) is 0 Å². The maximum absolute atomic E-state index is 2.60. The number of hydrogen-bond donors (Lipinski definition) is 0. The van der Waals surface area contributed by atoms with Gasteiger partial charge in [0.05, 0.1) is 0 Å². The van der Waals surface area contributed by atoms with Crippen LogP contribution >= 0.6 is 7.41 Å². The van der Waals surface area contributed by atoms with Gasteiger partial charge < -0.3 is 0 Å². The van der Waals surface area contributed by atoms with Gasteiger partial charge in [-0.2, -0.15) is 4.67 Å². The van der Waals surface area contributed by atoms with Crippen molar-refractivity contribution in [3.8, 4) is 0 Å². The van der Waals surface area contributed by atoms with Gasteiger partial charge in [-0.25, -0.2) is 0 Å². The number of nitrogens with zero attached hydrogens (tertiary/aromatic N) is 1. The molecule has 0 heterocycles.